The van der Waals surface area contributed by atoms with Crippen LogP contribution in [0.1, 0.15) is 22.3 Å². The number of fused-ring (bicyclic) bond motifs is 3. The lowest BCUT2D eigenvalue weighted by Crippen LogP contribution is -2.11. The van der Waals surface area contributed by atoms with E-state index in [2.05, 4.69) is 12.1 Å². The Kier molecular flexibility index (Phi) is 8.11. The first-order chi connectivity index (χ1) is 26.9. The van der Waals surface area contributed by atoms with Gasteiger partial charge in [0.25, 0.3) is 5.92 Å². The largest absolute Gasteiger partial charge is 0.299 e. The van der Waals surface area contributed by atoms with Crippen molar-refractivity contribution in [1.29, 1.82) is 10.5 Å². The fourth-order valence-corrected chi connectivity index (χ4v) is 7.08. The number of halogens is 2. The Morgan fingerprint density at radius 3 is 1.16 bits per heavy atom. The Morgan fingerprint density at radius 1 is 0.364 bits per heavy atom. The van der Waals surface area contributed by atoms with Crippen LogP contribution in [0.3, 0.4) is 0 Å². The van der Waals surface area contributed by atoms with Gasteiger partial charge >= 0.3 is 0 Å². The van der Waals surface area contributed by atoms with Crippen LogP contribution >= 0.6 is 0 Å². The van der Waals surface area contributed by atoms with Gasteiger partial charge in [-0.3, -0.25) is 0 Å². The molecule has 7 aromatic carbocycles. The van der Waals surface area contributed by atoms with E-state index in [9.17, 15) is 10.5 Å². The van der Waals surface area contributed by atoms with Gasteiger partial charge in [-0.2, -0.15) is 19.3 Å². The second-order valence-electron chi connectivity index (χ2n) is 13.3. The SMILES string of the molecule is N#Cc1ccc(-c2cc(-c3ccc(C#N)cc3)cc(-c3ccc4c(c3)C(F)(F)c3cc(-c5nc(-c6ccccc6)nc(-c6ccccc6)n5)ccc3-4)c2)cc1. The number of benzene rings is 7. The molecule has 0 unspecified atom stereocenters. The second-order valence-corrected chi connectivity index (χ2v) is 13.3. The minimum atomic E-state index is -3.30. The zero-order valence-corrected chi connectivity index (χ0v) is 29.1. The fourth-order valence-electron chi connectivity index (χ4n) is 7.08. The highest BCUT2D eigenvalue weighted by Gasteiger charge is 2.44. The summed E-state index contributed by atoms with van der Waals surface area (Å²) in [6, 6.07) is 54.2. The standard InChI is InChI=1S/C48H27F2N5/c49-48(50)43-26-36(40-24-38(32-15-11-30(28-51)12-16-32)23-39(25-40)33-17-13-31(29-52)14-18-33)19-21-41(43)42-22-20-37(27-44(42)48)47-54-45(34-7-3-1-4-8-34)53-46(55-47)35-9-5-2-6-10-35/h1-27H. The minimum absolute atomic E-state index is 0.0774. The summed E-state index contributed by atoms with van der Waals surface area (Å²) in [4.78, 5) is 14.3. The zero-order valence-electron chi connectivity index (χ0n) is 29.1. The average Bonchev–Trinajstić information content (AvgIpc) is 3.48. The number of nitriles is 2. The summed E-state index contributed by atoms with van der Waals surface area (Å²) in [5.74, 6) is -2.09. The molecule has 0 aliphatic heterocycles. The number of hydrogen-bond donors (Lipinski definition) is 0. The normalized spacial score (nSPS) is 12.3. The molecule has 7 heteroatoms. The van der Waals surface area contributed by atoms with Crippen LogP contribution < -0.4 is 0 Å². The summed E-state index contributed by atoms with van der Waals surface area (Å²) in [7, 11) is 0. The Balaban J connectivity index is 1.13. The Hall–Kier alpha value is -7.61. The van der Waals surface area contributed by atoms with Crippen LogP contribution in [-0.2, 0) is 5.92 Å². The smallest absolute Gasteiger partial charge is 0.208 e. The molecule has 0 fully saturated rings. The Labute approximate surface area is 316 Å². The molecule has 0 saturated carbocycles. The van der Waals surface area contributed by atoms with Crippen molar-refractivity contribution in [1.82, 2.24) is 15.0 Å². The van der Waals surface area contributed by atoms with E-state index < -0.39 is 5.92 Å². The van der Waals surface area contributed by atoms with Crippen LogP contribution in [0.2, 0.25) is 0 Å². The summed E-state index contributed by atoms with van der Waals surface area (Å²) in [6.07, 6.45) is 0. The van der Waals surface area contributed by atoms with Crippen molar-refractivity contribution in [2.75, 3.05) is 0 Å². The van der Waals surface area contributed by atoms with Gasteiger partial charge in [-0.1, -0.05) is 109 Å². The predicted octanol–water partition coefficient (Wildman–Crippen LogP) is 11.7. The molecule has 0 saturated heterocycles. The molecule has 0 amide bonds. The van der Waals surface area contributed by atoms with Gasteiger partial charge in [0.1, 0.15) is 0 Å². The maximum Gasteiger partial charge on any atom is 0.299 e. The molecule has 1 aliphatic rings. The van der Waals surface area contributed by atoms with Gasteiger partial charge in [0.15, 0.2) is 17.5 Å². The zero-order chi connectivity index (χ0) is 37.5. The quantitative estimate of drug-likeness (QED) is 0.171. The van der Waals surface area contributed by atoms with Gasteiger partial charge in [-0.05, 0) is 99.1 Å². The molecular formula is C48H27F2N5. The van der Waals surface area contributed by atoms with Crippen LogP contribution in [0.4, 0.5) is 8.78 Å². The summed E-state index contributed by atoms with van der Waals surface area (Å²) in [6.45, 7) is 0. The number of aromatic nitrogens is 3. The molecule has 1 aliphatic carbocycles. The molecule has 0 bridgehead atoms. The summed E-state index contributed by atoms with van der Waals surface area (Å²) in [5, 5.41) is 18.7. The topological polar surface area (TPSA) is 86.2 Å². The lowest BCUT2D eigenvalue weighted by atomic mass is 9.91. The molecule has 258 valence electrons. The van der Waals surface area contributed by atoms with Gasteiger partial charge in [-0.15, -0.1) is 0 Å². The van der Waals surface area contributed by atoms with Gasteiger partial charge in [-0.25, -0.2) is 15.0 Å². The minimum Gasteiger partial charge on any atom is -0.208 e. The van der Waals surface area contributed by atoms with Crippen molar-refractivity contribution in [3.63, 3.8) is 0 Å². The molecule has 1 aromatic heterocycles. The van der Waals surface area contributed by atoms with Crippen molar-refractivity contribution < 1.29 is 8.78 Å². The third-order valence-corrected chi connectivity index (χ3v) is 9.92. The fraction of sp³-hybridized carbons (Fsp3) is 0.0208. The van der Waals surface area contributed by atoms with Crippen LogP contribution in [0.5, 0.6) is 0 Å². The summed E-state index contributed by atoms with van der Waals surface area (Å²) >= 11 is 0. The number of alkyl halides is 2. The lowest BCUT2D eigenvalue weighted by molar-refractivity contribution is 0.0481. The molecule has 5 nitrogen and oxygen atoms in total. The monoisotopic (exact) mass is 711 g/mol. The molecule has 0 atom stereocenters. The number of nitrogens with zero attached hydrogens (tertiary/aromatic N) is 5. The van der Waals surface area contributed by atoms with Crippen LogP contribution in [-0.4, -0.2) is 15.0 Å². The molecule has 8 aromatic rings. The van der Waals surface area contributed by atoms with E-state index in [0.717, 1.165) is 38.9 Å². The molecular weight excluding hydrogens is 685 g/mol. The molecule has 1 heterocycles. The highest BCUT2D eigenvalue weighted by molar-refractivity contribution is 5.87. The highest BCUT2D eigenvalue weighted by Crippen LogP contribution is 2.53. The van der Waals surface area contributed by atoms with Crippen molar-refractivity contribution >= 4 is 0 Å². The van der Waals surface area contributed by atoms with Crippen LogP contribution in [0, 0.1) is 22.7 Å². The van der Waals surface area contributed by atoms with Gasteiger partial charge < -0.3 is 0 Å². The Bertz CT molecular complexity index is 2710. The first kappa shape index (κ1) is 33.2. The van der Waals surface area contributed by atoms with Crippen molar-refractivity contribution in [3.05, 3.63) is 186 Å². The third kappa shape index (κ3) is 6.10. The molecule has 9 rings (SSSR count). The van der Waals surface area contributed by atoms with Crippen molar-refractivity contribution in [3.8, 4) is 90.8 Å². The van der Waals surface area contributed by atoms with Crippen LogP contribution in [0.15, 0.2) is 164 Å². The Morgan fingerprint density at radius 2 is 0.727 bits per heavy atom. The third-order valence-electron chi connectivity index (χ3n) is 9.92. The van der Waals surface area contributed by atoms with E-state index in [0.29, 0.717) is 50.9 Å². The first-order valence-corrected chi connectivity index (χ1v) is 17.6. The first-order valence-electron chi connectivity index (χ1n) is 17.6. The molecule has 0 N–H and O–H groups in total. The molecule has 0 radical (unpaired) electrons. The molecule has 0 spiro atoms. The van der Waals surface area contributed by atoms with E-state index in [4.69, 9.17) is 15.0 Å². The molecule has 55 heavy (non-hydrogen) atoms. The van der Waals surface area contributed by atoms with E-state index >= 15 is 8.78 Å². The summed E-state index contributed by atoms with van der Waals surface area (Å²) < 4.78 is 33.5. The van der Waals surface area contributed by atoms with Gasteiger partial charge in [0.2, 0.25) is 0 Å². The summed E-state index contributed by atoms with van der Waals surface area (Å²) in [5.41, 5.74) is 8.75. The number of rotatable bonds is 6. The van der Waals surface area contributed by atoms with E-state index in [1.165, 1.54) is 6.07 Å². The number of hydrogen-bond acceptors (Lipinski definition) is 5. The van der Waals surface area contributed by atoms with Crippen molar-refractivity contribution in [2.45, 2.75) is 5.92 Å². The maximum atomic E-state index is 16.7. The highest BCUT2D eigenvalue weighted by atomic mass is 19.3. The predicted molar refractivity (Wildman–Crippen MR) is 210 cm³/mol. The van der Waals surface area contributed by atoms with E-state index in [-0.39, 0.29) is 11.1 Å². The van der Waals surface area contributed by atoms with Crippen molar-refractivity contribution in [2.24, 2.45) is 0 Å². The lowest BCUT2D eigenvalue weighted by Gasteiger charge is -2.15. The maximum absolute atomic E-state index is 16.7. The average molecular weight is 712 g/mol. The van der Waals surface area contributed by atoms with E-state index in [1.807, 2.05) is 109 Å². The second kappa shape index (κ2) is 13.4. The van der Waals surface area contributed by atoms with Crippen LogP contribution in [0.25, 0.3) is 78.7 Å². The van der Waals surface area contributed by atoms with Gasteiger partial charge in [0, 0.05) is 27.8 Å². The van der Waals surface area contributed by atoms with E-state index in [1.54, 1.807) is 48.5 Å². The van der Waals surface area contributed by atoms with Gasteiger partial charge in [0.05, 0.1) is 23.3 Å².